The summed E-state index contributed by atoms with van der Waals surface area (Å²) in [4.78, 5) is 10.4. The topological polar surface area (TPSA) is 44.0 Å². The highest BCUT2D eigenvalue weighted by Gasteiger charge is 2.21. The number of nitrogens with one attached hydrogen (secondary N) is 2. The van der Waals surface area contributed by atoms with Gasteiger partial charge in [0.05, 0.1) is 5.69 Å². The number of aromatic amines is 1. The third kappa shape index (κ3) is 3.39. The predicted molar refractivity (Wildman–Crippen MR) is 109 cm³/mol. The maximum atomic E-state index is 4.26. The number of aryl methyl sites for hydroxylation is 1. The Morgan fingerprint density at radius 3 is 2.81 bits per heavy atom. The zero-order valence-electron chi connectivity index (χ0n) is 15.8. The van der Waals surface area contributed by atoms with Crippen LogP contribution in [-0.4, -0.2) is 48.1 Å². The molecule has 3 aromatic rings. The molecule has 1 aliphatic heterocycles. The Kier molecular flexibility index (Phi) is 5.05. The zero-order chi connectivity index (χ0) is 17.9. The highest BCUT2D eigenvalue weighted by molar-refractivity contribution is 5.90. The fourth-order valence-electron chi connectivity index (χ4n) is 4.16. The first-order valence-corrected chi connectivity index (χ1v) is 9.66. The van der Waals surface area contributed by atoms with Gasteiger partial charge in [0.1, 0.15) is 0 Å². The maximum absolute atomic E-state index is 4.26. The Morgan fingerprint density at radius 2 is 2.08 bits per heavy atom. The van der Waals surface area contributed by atoms with Gasteiger partial charge in [0, 0.05) is 41.9 Å². The average Bonchev–Trinajstić information content (AvgIpc) is 3.03. The molecule has 26 heavy (non-hydrogen) atoms. The molecule has 4 nitrogen and oxygen atoms in total. The van der Waals surface area contributed by atoms with Crippen LogP contribution in [0.5, 0.6) is 0 Å². The molecule has 3 heterocycles. The van der Waals surface area contributed by atoms with Gasteiger partial charge in [-0.05, 0) is 81.2 Å². The molecule has 4 rings (SSSR count). The van der Waals surface area contributed by atoms with Gasteiger partial charge in [-0.3, -0.25) is 4.98 Å². The van der Waals surface area contributed by atoms with E-state index in [0.29, 0.717) is 5.92 Å². The van der Waals surface area contributed by atoms with E-state index in [0.717, 1.165) is 18.7 Å². The SMILES string of the molecule is CNCCN1CCC(c2ccc3[nH]c(-c4cccnc4)c(C)c3c2)CC1. The summed E-state index contributed by atoms with van der Waals surface area (Å²) in [6, 6.07) is 11.1. The molecule has 1 aliphatic rings. The number of rotatable bonds is 5. The van der Waals surface area contributed by atoms with Gasteiger partial charge in [0.15, 0.2) is 0 Å². The summed E-state index contributed by atoms with van der Waals surface area (Å²) in [7, 11) is 2.03. The number of nitrogens with zero attached hydrogens (tertiary/aromatic N) is 2. The molecule has 0 amide bonds. The lowest BCUT2D eigenvalue weighted by Crippen LogP contribution is -2.37. The van der Waals surface area contributed by atoms with Crippen LogP contribution in [0.4, 0.5) is 0 Å². The van der Waals surface area contributed by atoms with E-state index in [9.17, 15) is 0 Å². The van der Waals surface area contributed by atoms with Gasteiger partial charge in [-0.15, -0.1) is 0 Å². The van der Waals surface area contributed by atoms with Crippen molar-refractivity contribution in [3.63, 3.8) is 0 Å². The summed E-state index contributed by atoms with van der Waals surface area (Å²) in [6.45, 7) is 6.87. The number of hydrogen-bond donors (Lipinski definition) is 2. The van der Waals surface area contributed by atoms with E-state index in [4.69, 9.17) is 0 Å². The Labute approximate surface area is 155 Å². The molecular formula is C22H28N4. The second-order valence-corrected chi connectivity index (χ2v) is 7.39. The van der Waals surface area contributed by atoms with Crippen molar-refractivity contribution in [2.75, 3.05) is 33.2 Å². The van der Waals surface area contributed by atoms with Crippen molar-refractivity contribution in [3.05, 3.63) is 53.9 Å². The van der Waals surface area contributed by atoms with E-state index in [1.54, 1.807) is 0 Å². The molecule has 1 aromatic carbocycles. The number of likely N-dealkylation sites (N-methyl/N-ethyl adjacent to an activating group) is 1. The largest absolute Gasteiger partial charge is 0.354 e. The van der Waals surface area contributed by atoms with Crippen LogP contribution in [0.2, 0.25) is 0 Å². The van der Waals surface area contributed by atoms with Crippen molar-refractivity contribution >= 4 is 10.9 Å². The highest BCUT2D eigenvalue weighted by Crippen LogP contribution is 2.34. The number of hydrogen-bond acceptors (Lipinski definition) is 3. The van der Waals surface area contributed by atoms with Crippen LogP contribution in [0.25, 0.3) is 22.2 Å². The normalized spacial score (nSPS) is 16.4. The van der Waals surface area contributed by atoms with Crippen LogP contribution in [0.15, 0.2) is 42.7 Å². The van der Waals surface area contributed by atoms with Crippen LogP contribution >= 0.6 is 0 Å². The van der Waals surface area contributed by atoms with E-state index in [-0.39, 0.29) is 0 Å². The molecule has 0 aliphatic carbocycles. The predicted octanol–water partition coefficient (Wildman–Crippen LogP) is 3.94. The Morgan fingerprint density at radius 1 is 1.23 bits per heavy atom. The van der Waals surface area contributed by atoms with E-state index < -0.39 is 0 Å². The third-order valence-corrected chi connectivity index (χ3v) is 5.77. The molecule has 136 valence electrons. The van der Waals surface area contributed by atoms with Crippen LogP contribution in [0.3, 0.4) is 0 Å². The van der Waals surface area contributed by atoms with Crippen molar-refractivity contribution in [3.8, 4) is 11.3 Å². The summed E-state index contributed by atoms with van der Waals surface area (Å²) in [6.07, 6.45) is 6.27. The Hall–Kier alpha value is -2.17. The summed E-state index contributed by atoms with van der Waals surface area (Å²) in [5.41, 5.74) is 6.37. The fourth-order valence-corrected chi connectivity index (χ4v) is 4.16. The Bertz CT molecular complexity index is 860. The maximum Gasteiger partial charge on any atom is 0.0510 e. The summed E-state index contributed by atoms with van der Waals surface area (Å²) in [5.74, 6) is 0.682. The minimum atomic E-state index is 0.682. The molecular weight excluding hydrogens is 320 g/mol. The molecule has 0 unspecified atom stereocenters. The van der Waals surface area contributed by atoms with Gasteiger partial charge in [0.25, 0.3) is 0 Å². The number of fused-ring (bicyclic) bond motifs is 1. The smallest absolute Gasteiger partial charge is 0.0510 e. The monoisotopic (exact) mass is 348 g/mol. The van der Waals surface area contributed by atoms with Gasteiger partial charge in [-0.25, -0.2) is 0 Å². The first-order chi connectivity index (χ1) is 12.8. The first kappa shape index (κ1) is 17.3. The number of aromatic nitrogens is 2. The molecule has 4 heteroatoms. The van der Waals surface area contributed by atoms with Gasteiger partial charge in [-0.2, -0.15) is 0 Å². The molecule has 1 saturated heterocycles. The zero-order valence-corrected chi connectivity index (χ0v) is 15.8. The molecule has 1 fully saturated rings. The fraction of sp³-hybridized carbons (Fsp3) is 0.409. The quantitative estimate of drug-likeness (QED) is 0.734. The molecule has 0 atom stereocenters. The molecule has 2 aromatic heterocycles. The van der Waals surface area contributed by atoms with Crippen LogP contribution in [0.1, 0.15) is 29.9 Å². The van der Waals surface area contributed by atoms with Gasteiger partial charge in [-0.1, -0.05) is 6.07 Å². The number of pyridine rings is 1. The first-order valence-electron chi connectivity index (χ1n) is 9.66. The minimum Gasteiger partial charge on any atom is -0.354 e. The summed E-state index contributed by atoms with van der Waals surface area (Å²) in [5, 5.41) is 4.60. The van der Waals surface area contributed by atoms with Gasteiger partial charge < -0.3 is 15.2 Å². The minimum absolute atomic E-state index is 0.682. The highest BCUT2D eigenvalue weighted by atomic mass is 15.1. The molecule has 2 N–H and O–H groups in total. The van der Waals surface area contributed by atoms with E-state index in [2.05, 4.69) is 51.4 Å². The number of benzene rings is 1. The van der Waals surface area contributed by atoms with Crippen molar-refractivity contribution in [1.82, 2.24) is 20.2 Å². The summed E-state index contributed by atoms with van der Waals surface area (Å²) >= 11 is 0. The lowest BCUT2D eigenvalue weighted by molar-refractivity contribution is 0.214. The average molecular weight is 348 g/mol. The number of likely N-dealkylation sites (tertiary alicyclic amines) is 1. The molecule has 0 spiro atoms. The number of piperidine rings is 1. The lowest BCUT2D eigenvalue weighted by atomic mass is 9.88. The van der Waals surface area contributed by atoms with Gasteiger partial charge >= 0.3 is 0 Å². The molecule has 0 bridgehead atoms. The van der Waals surface area contributed by atoms with Crippen LogP contribution < -0.4 is 5.32 Å². The van der Waals surface area contributed by atoms with Crippen molar-refractivity contribution in [2.24, 2.45) is 0 Å². The van der Waals surface area contributed by atoms with Crippen LogP contribution in [0, 0.1) is 6.92 Å². The molecule has 0 radical (unpaired) electrons. The van der Waals surface area contributed by atoms with Crippen molar-refractivity contribution < 1.29 is 0 Å². The van der Waals surface area contributed by atoms with Crippen molar-refractivity contribution in [2.45, 2.75) is 25.7 Å². The summed E-state index contributed by atoms with van der Waals surface area (Å²) < 4.78 is 0. The standard InChI is InChI=1S/C22H28N4/c1-16-20-14-18(17-7-11-26(12-8-17)13-10-23-2)5-6-21(20)25-22(16)19-4-3-9-24-15-19/h3-6,9,14-15,17,23,25H,7-8,10-13H2,1-2H3. The Balaban J connectivity index is 1.56. The van der Waals surface area contributed by atoms with E-state index in [1.165, 1.54) is 53.7 Å². The van der Waals surface area contributed by atoms with E-state index >= 15 is 0 Å². The third-order valence-electron chi connectivity index (χ3n) is 5.77. The van der Waals surface area contributed by atoms with Crippen LogP contribution in [-0.2, 0) is 0 Å². The van der Waals surface area contributed by atoms with Crippen molar-refractivity contribution in [1.29, 1.82) is 0 Å². The molecule has 0 saturated carbocycles. The second kappa shape index (κ2) is 7.60. The second-order valence-electron chi connectivity index (χ2n) is 7.39. The lowest BCUT2D eigenvalue weighted by Gasteiger charge is -2.32. The number of H-pyrrole nitrogens is 1. The van der Waals surface area contributed by atoms with E-state index in [1.807, 2.05) is 25.5 Å². The van der Waals surface area contributed by atoms with Gasteiger partial charge in [0.2, 0.25) is 0 Å².